The maximum atomic E-state index is 10.0. The van der Waals surface area contributed by atoms with Gasteiger partial charge in [-0.2, -0.15) is 0 Å². The summed E-state index contributed by atoms with van der Waals surface area (Å²) in [7, 11) is 3.14. The number of hydrogen-bond donors (Lipinski definition) is 1. The molecule has 2 aliphatic rings. The topological polar surface area (TPSA) is 45.2 Å². The minimum absolute atomic E-state index is 0.0717. The molecule has 5 nitrogen and oxygen atoms in total. The van der Waals surface area contributed by atoms with Crippen LogP contribution < -0.4 is 9.47 Å². The molecule has 1 aromatic rings. The molecule has 0 amide bonds. The number of ether oxygens (including phenoxy) is 2. The number of hydrogen-bond acceptors (Lipinski definition) is 5. The molecule has 2 fully saturated rings. The molecule has 2 saturated heterocycles. The normalized spacial score (nSPS) is 26.0. The molecule has 5 heteroatoms. The number of fused-ring (bicyclic) bond motifs is 1. The lowest BCUT2D eigenvalue weighted by molar-refractivity contribution is 0.0469. The van der Waals surface area contributed by atoms with Gasteiger partial charge < -0.3 is 14.6 Å². The van der Waals surface area contributed by atoms with Crippen LogP contribution in [-0.2, 0) is 6.54 Å². The molecular formula is C17H26N2O3. The van der Waals surface area contributed by atoms with Gasteiger partial charge in [-0.05, 0) is 44.0 Å². The molecule has 0 aliphatic carbocycles. The second kappa shape index (κ2) is 6.34. The Balaban J connectivity index is 1.78. The van der Waals surface area contributed by atoms with Crippen molar-refractivity contribution in [2.75, 3.05) is 33.9 Å². The summed E-state index contributed by atoms with van der Waals surface area (Å²) in [5.74, 6) is 1.02. The van der Waals surface area contributed by atoms with E-state index < -0.39 is 0 Å². The molecule has 0 saturated carbocycles. The van der Waals surface area contributed by atoms with Gasteiger partial charge in [0.2, 0.25) is 5.75 Å². The molecule has 2 atom stereocenters. The van der Waals surface area contributed by atoms with Crippen LogP contribution >= 0.6 is 0 Å². The van der Waals surface area contributed by atoms with Crippen molar-refractivity contribution in [1.29, 1.82) is 0 Å². The lowest BCUT2D eigenvalue weighted by Gasteiger charge is -2.43. The Morgan fingerprint density at radius 2 is 1.82 bits per heavy atom. The van der Waals surface area contributed by atoms with Crippen LogP contribution in [0.5, 0.6) is 17.2 Å². The minimum atomic E-state index is 0.0717. The highest BCUT2D eigenvalue weighted by molar-refractivity contribution is 5.52. The Morgan fingerprint density at radius 1 is 1.14 bits per heavy atom. The van der Waals surface area contributed by atoms with Gasteiger partial charge in [-0.1, -0.05) is 0 Å². The SMILES string of the molecule is COc1cc(CN2CCN3CCC[C@@H]3[C@H]2C)cc(OC)c1O. The smallest absolute Gasteiger partial charge is 0.200 e. The molecule has 1 N–H and O–H groups in total. The van der Waals surface area contributed by atoms with Crippen molar-refractivity contribution < 1.29 is 14.6 Å². The van der Waals surface area contributed by atoms with Crippen molar-refractivity contribution >= 4 is 0 Å². The van der Waals surface area contributed by atoms with Crippen LogP contribution in [0.25, 0.3) is 0 Å². The van der Waals surface area contributed by atoms with Crippen molar-refractivity contribution in [2.45, 2.75) is 38.4 Å². The molecular weight excluding hydrogens is 280 g/mol. The highest BCUT2D eigenvalue weighted by atomic mass is 16.5. The average molecular weight is 306 g/mol. The molecule has 3 rings (SSSR count). The Labute approximate surface area is 132 Å². The predicted octanol–water partition coefficient (Wildman–Crippen LogP) is 2.08. The summed E-state index contributed by atoms with van der Waals surface area (Å²) in [5.41, 5.74) is 1.12. The highest BCUT2D eigenvalue weighted by Crippen LogP contribution is 2.38. The summed E-state index contributed by atoms with van der Waals surface area (Å²) >= 11 is 0. The number of aromatic hydroxyl groups is 1. The fourth-order valence-corrected chi connectivity index (χ4v) is 3.88. The van der Waals surface area contributed by atoms with Crippen LogP contribution in [0, 0.1) is 0 Å². The number of methoxy groups -OCH3 is 2. The molecule has 1 aromatic carbocycles. The third-order valence-corrected chi connectivity index (χ3v) is 5.15. The van der Waals surface area contributed by atoms with Crippen LogP contribution in [0.3, 0.4) is 0 Å². The average Bonchev–Trinajstić information content (AvgIpc) is 3.01. The third-order valence-electron chi connectivity index (χ3n) is 5.15. The fourth-order valence-electron chi connectivity index (χ4n) is 3.88. The first kappa shape index (κ1) is 15.4. The van der Waals surface area contributed by atoms with Gasteiger partial charge in [0.05, 0.1) is 14.2 Å². The van der Waals surface area contributed by atoms with Crippen LogP contribution in [-0.4, -0.2) is 60.8 Å². The van der Waals surface area contributed by atoms with Gasteiger partial charge in [-0.3, -0.25) is 9.80 Å². The fraction of sp³-hybridized carbons (Fsp3) is 0.647. The highest BCUT2D eigenvalue weighted by Gasteiger charge is 2.36. The van der Waals surface area contributed by atoms with E-state index in [1.807, 2.05) is 12.1 Å². The zero-order chi connectivity index (χ0) is 15.7. The van der Waals surface area contributed by atoms with Crippen LogP contribution in [0.4, 0.5) is 0 Å². The molecule has 2 heterocycles. The number of phenolic OH excluding ortho intramolecular Hbond substituents is 1. The number of rotatable bonds is 4. The minimum Gasteiger partial charge on any atom is -0.502 e. The van der Waals surface area contributed by atoms with E-state index in [0.29, 0.717) is 23.6 Å². The standard InChI is InChI=1S/C17H26N2O3/c1-12-14-5-4-6-18(14)7-8-19(12)11-13-9-15(21-2)17(20)16(10-13)22-3/h9-10,12,14,20H,4-8,11H2,1-3H3/t12-,14-/m1/s1. The largest absolute Gasteiger partial charge is 0.502 e. The Kier molecular flexibility index (Phi) is 4.45. The zero-order valence-electron chi connectivity index (χ0n) is 13.7. The molecule has 0 unspecified atom stereocenters. The van der Waals surface area contributed by atoms with E-state index in [4.69, 9.17) is 9.47 Å². The van der Waals surface area contributed by atoms with Gasteiger partial charge >= 0.3 is 0 Å². The first-order valence-corrected chi connectivity index (χ1v) is 8.06. The number of phenols is 1. The van der Waals surface area contributed by atoms with Crippen LogP contribution in [0.2, 0.25) is 0 Å². The third kappa shape index (κ3) is 2.75. The second-order valence-electron chi connectivity index (χ2n) is 6.31. The lowest BCUT2D eigenvalue weighted by atomic mass is 10.0. The molecule has 22 heavy (non-hydrogen) atoms. The zero-order valence-corrected chi connectivity index (χ0v) is 13.7. The molecule has 0 radical (unpaired) electrons. The van der Waals surface area contributed by atoms with E-state index >= 15 is 0 Å². The van der Waals surface area contributed by atoms with E-state index in [-0.39, 0.29) is 5.75 Å². The number of piperazine rings is 1. The van der Waals surface area contributed by atoms with Gasteiger partial charge in [0, 0.05) is 31.7 Å². The Morgan fingerprint density at radius 3 is 2.45 bits per heavy atom. The maximum absolute atomic E-state index is 10.0. The first-order chi connectivity index (χ1) is 10.6. The van der Waals surface area contributed by atoms with Crippen molar-refractivity contribution in [3.8, 4) is 17.2 Å². The van der Waals surface area contributed by atoms with E-state index in [1.165, 1.54) is 19.4 Å². The monoisotopic (exact) mass is 306 g/mol. The summed E-state index contributed by atoms with van der Waals surface area (Å²) in [6.45, 7) is 6.68. The number of nitrogens with zero attached hydrogens (tertiary/aromatic N) is 2. The summed E-state index contributed by atoms with van der Waals surface area (Å²) in [5, 5.41) is 10.0. The van der Waals surface area contributed by atoms with E-state index in [0.717, 1.165) is 25.2 Å². The quantitative estimate of drug-likeness (QED) is 0.923. The molecule has 0 aromatic heterocycles. The van der Waals surface area contributed by atoms with Crippen LogP contribution in [0.1, 0.15) is 25.3 Å². The molecule has 0 bridgehead atoms. The predicted molar refractivity (Wildman–Crippen MR) is 85.7 cm³/mol. The number of benzene rings is 1. The van der Waals surface area contributed by atoms with Crippen molar-refractivity contribution in [2.24, 2.45) is 0 Å². The van der Waals surface area contributed by atoms with E-state index in [2.05, 4.69) is 16.7 Å². The van der Waals surface area contributed by atoms with Crippen LogP contribution in [0.15, 0.2) is 12.1 Å². The van der Waals surface area contributed by atoms with Crippen molar-refractivity contribution in [1.82, 2.24) is 9.80 Å². The molecule has 2 aliphatic heterocycles. The summed E-state index contributed by atoms with van der Waals surface area (Å²) in [6.07, 6.45) is 2.63. The summed E-state index contributed by atoms with van der Waals surface area (Å²) in [4.78, 5) is 5.15. The summed E-state index contributed by atoms with van der Waals surface area (Å²) < 4.78 is 10.5. The second-order valence-corrected chi connectivity index (χ2v) is 6.31. The van der Waals surface area contributed by atoms with E-state index in [1.54, 1.807) is 14.2 Å². The van der Waals surface area contributed by atoms with E-state index in [9.17, 15) is 5.11 Å². The van der Waals surface area contributed by atoms with Gasteiger partial charge in [0.15, 0.2) is 11.5 Å². The molecule has 122 valence electrons. The first-order valence-electron chi connectivity index (χ1n) is 8.06. The lowest BCUT2D eigenvalue weighted by Crippen LogP contribution is -2.55. The van der Waals surface area contributed by atoms with Crippen molar-refractivity contribution in [3.05, 3.63) is 17.7 Å². The molecule has 0 spiro atoms. The Bertz CT molecular complexity index is 510. The Hall–Kier alpha value is -1.46. The van der Waals surface area contributed by atoms with Gasteiger partial charge in [0.1, 0.15) is 0 Å². The van der Waals surface area contributed by atoms with Gasteiger partial charge in [-0.15, -0.1) is 0 Å². The maximum Gasteiger partial charge on any atom is 0.200 e. The van der Waals surface area contributed by atoms with Gasteiger partial charge in [0.25, 0.3) is 0 Å². The van der Waals surface area contributed by atoms with Gasteiger partial charge in [-0.25, -0.2) is 0 Å². The summed E-state index contributed by atoms with van der Waals surface area (Å²) in [6, 6.07) is 5.06. The van der Waals surface area contributed by atoms with Crippen molar-refractivity contribution in [3.63, 3.8) is 0 Å².